The van der Waals surface area contributed by atoms with Crippen LogP contribution in [-0.2, 0) is 11.3 Å². The maximum Gasteiger partial charge on any atom is 0.407 e. The number of carbonyl (C=O) groups is 2. The maximum atomic E-state index is 10.8. The molecule has 0 spiro atoms. The van der Waals surface area contributed by atoms with Crippen LogP contribution in [0.15, 0.2) is 5.16 Å². The molecule has 0 aromatic carbocycles. The number of nitrogens with zero attached hydrogens (tertiary/aromatic N) is 5. The molecule has 1 fully saturated rings. The normalized spacial score (nSPS) is 16.3. The van der Waals surface area contributed by atoms with Crippen molar-refractivity contribution in [3.05, 3.63) is 0 Å². The van der Waals surface area contributed by atoms with E-state index >= 15 is 0 Å². The number of aryl methyl sites for hydroxylation is 1. The minimum absolute atomic E-state index is 0.0317. The summed E-state index contributed by atoms with van der Waals surface area (Å²) in [6.07, 6.45) is 0.557. The summed E-state index contributed by atoms with van der Waals surface area (Å²) in [7, 11) is 0. The summed E-state index contributed by atoms with van der Waals surface area (Å²) in [6, 6.07) is 0. The molecule has 0 atom stereocenters. The van der Waals surface area contributed by atoms with Gasteiger partial charge in [-0.15, -0.1) is 5.10 Å². The van der Waals surface area contributed by atoms with Crippen molar-refractivity contribution in [1.29, 1.82) is 0 Å². The lowest BCUT2D eigenvalue weighted by Crippen LogP contribution is -2.38. The molecule has 2 rings (SSSR count). The van der Waals surface area contributed by atoms with E-state index < -0.39 is 12.1 Å². The van der Waals surface area contributed by atoms with Crippen molar-refractivity contribution in [2.45, 2.75) is 36.2 Å². The molecule has 20 heavy (non-hydrogen) atoms. The van der Waals surface area contributed by atoms with Crippen LogP contribution in [0.2, 0.25) is 0 Å². The molecule has 0 radical (unpaired) electrons. The second-order valence-electron chi connectivity index (χ2n) is 4.42. The van der Waals surface area contributed by atoms with Gasteiger partial charge < -0.3 is 15.1 Å². The second-order valence-corrected chi connectivity index (χ2v) is 5.68. The number of carboxylic acids is 1. The van der Waals surface area contributed by atoms with Gasteiger partial charge in [-0.25, -0.2) is 9.48 Å². The highest BCUT2D eigenvalue weighted by atomic mass is 32.2. The van der Waals surface area contributed by atoms with Crippen LogP contribution in [0.3, 0.4) is 0 Å². The summed E-state index contributed by atoms with van der Waals surface area (Å²) < 4.78 is 1.47. The number of aliphatic carboxylic acids is 1. The average molecular weight is 301 g/mol. The van der Waals surface area contributed by atoms with Crippen molar-refractivity contribution < 1.29 is 19.8 Å². The Morgan fingerprint density at radius 3 is 2.60 bits per heavy atom. The van der Waals surface area contributed by atoms with E-state index in [0.29, 0.717) is 18.2 Å². The lowest BCUT2D eigenvalue weighted by molar-refractivity contribution is -0.137. The van der Waals surface area contributed by atoms with Crippen molar-refractivity contribution in [2.75, 3.05) is 13.1 Å². The summed E-state index contributed by atoms with van der Waals surface area (Å²) >= 11 is 1.48. The molecular weight excluding hydrogens is 286 g/mol. The van der Waals surface area contributed by atoms with Gasteiger partial charge in [0.05, 0.1) is 13.0 Å². The van der Waals surface area contributed by atoms with Crippen LogP contribution in [0.5, 0.6) is 0 Å². The van der Waals surface area contributed by atoms with E-state index in [9.17, 15) is 9.59 Å². The van der Waals surface area contributed by atoms with Gasteiger partial charge in [-0.05, 0) is 23.3 Å². The van der Waals surface area contributed by atoms with Crippen LogP contribution in [-0.4, -0.2) is 65.7 Å². The zero-order chi connectivity index (χ0) is 14.5. The van der Waals surface area contributed by atoms with Crippen LogP contribution in [0.1, 0.15) is 19.3 Å². The molecule has 110 valence electrons. The molecule has 1 aromatic rings. The smallest absolute Gasteiger partial charge is 0.407 e. The van der Waals surface area contributed by atoms with Crippen LogP contribution in [0, 0.1) is 0 Å². The Balaban J connectivity index is 1.87. The van der Waals surface area contributed by atoms with E-state index in [4.69, 9.17) is 10.2 Å². The molecule has 1 aromatic heterocycles. The first kappa shape index (κ1) is 14.6. The Bertz CT molecular complexity index is 486. The lowest BCUT2D eigenvalue weighted by atomic mass is 10.1. The predicted octanol–water partition coefficient (Wildman–Crippen LogP) is 0.382. The Hall–Kier alpha value is -1.84. The van der Waals surface area contributed by atoms with Gasteiger partial charge in [-0.3, -0.25) is 4.79 Å². The number of tetrazole rings is 1. The molecule has 0 aliphatic carbocycles. The minimum atomic E-state index is -0.897. The van der Waals surface area contributed by atoms with E-state index in [0.717, 1.165) is 12.8 Å². The number of aromatic nitrogens is 4. The van der Waals surface area contributed by atoms with Gasteiger partial charge in [0.2, 0.25) is 5.16 Å². The third-order valence-electron chi connectivity index (χ3n) is 3.02. The molecule has 9 nitrogen and oxygen atoms in total. The first-order valence-electron chi connectivity index (χ1n) is 6.18. The maximum absolute atomic E-state index is 10.8. The topological polar surface area (TPSA) is 121 Å². The molecule has 1 saturated heterocycles. The van der Waals surface area contributed by atoms with Gasteiger partial charge in [0.1, 0.15) is 0 Å². The summed E-state index contributed by atoms with van der Waals surface area (Å²) in [5.41, 5.74) is 0. The van der Waals surface area contributed by atoms with E-state index in [1.165, 1.54) is 21.3 Å². The molecule has 1 amide bonds. The Morgan fingerprint density at radius 2 is 2.00 bits per heavy atom. The number of hydrogen-bond donors (Lipinski definition) is 2. The van der Waals surface area contributed by atoms with Gasteiger partial charge in [-0.1, -0.05) is 11.8 Å². The van der Waals surface area contributed by atoms with Crippen molar-refractivity contribution >= 4 is 23.8 Å². The largest absolute Gasteiger partial charge is 0.481 e. The third-order valence-corrected chi connectivity index (χ3v) is 4.33. The molecule has 2 heterocycles. The predicted molar refractivity (Wildman–Crippen MR) is 68.5 cm³/mol. The van der Waals surface area contributed by atoms with Crippen molar-refractivity contribution in [3.8, 4) is 0 Å². The van der Waals surface area contributed by atoms with E-state index in [2.05, 4.69) is 15.5 Å². The van der Waals surface area contributed by atoms with Gasteiger partial charge in [0.25, 0.3) is 0 Å². The van der Waals surface area contributed by atoms with E-state index in [1.54, 1.807) is 0 Å². The fourth-order valence-electron chi connectivity index (χ4n) is 1.94. The average Bonchev–Trinajstić information content (AvgIpc) is 2.84. The minimum Gasteiger partial charge on any atom is -0.481 e. The molecule has 0 unspecified atom stereocenters. The molecule has 0 bridgehead atoms. The summed E-state index contributed by atoms with van der Waals surface area (Å²) in [6.45, 7) is 1.24. The number of rotatable bonds is 5. The lowest BCUT2D eigenvalue weighted by Gasteiger charge is -2.29. The van der Waals surface area contributed by atoms with Gasteiger partial charge >= 0.3 is 12.1 Å². The first-order valence-corrected chi connectivity index (χ1v) is 7.06. The second kappa shape index (κ2) is 6.55. The highest BCUT2D eigenvalue weighted by molar-refractivity contribution is 7.99. The van der Waals surface area contributed by atoms with Crippen LogP contribution < -0.4 is 0 Å². The van der Waals surface area contributed by atoms with Gasteiger partial charge in [0, 0.05) is 18.3 Å². The number of hydrogen-bond acceptors (Lipinski definition) is 6. The molecule has 10 heteroatoms. The van der Waals surface area contributed by atoms with Crippen molar-refractivity contribution in [3.63, 3.8) is 0 Å². The van der Waals surface area contributed by atoms with E-state index in [1.807, 2.05) is 0 Å². The summed E-state index contributed by atoms with van der Waals surface area (Å²) in [5, 5.41) is 29.6. The monoisotopic (exact) mass is 301 g/mol. The first-order chi connectivity index (χ1) is 9.56. The molecule has 2 N–H and O–H groups in total. The number of likely N-dealkylation sites (tertiary alicyclic amines) is 1. The van der Waals surface area contributed by atoms with E-state index in [-0.39, 0.29) is 18.2 Å². The molecule has 0 saturated carbocycles. The van der Waals surface area contributed by atoms with Gasteiger partial charge in [0.15, 0.2) is 0 Å². The van der Waals surface area contributed by atoms with Gasteiger partial charge in [-0.2, -0.15) is 0 Å². The standard InChI is InChI=1S/C10H15N5O4S/c16-8(17)3-6-15-9(11-12-13-15)20-7-1-4-14(5-2-7)10(18)19/h7H,1-6H2,(H,16,17)(H,18,19). The van der Waals surface area contributed by atoms with Crippen molar-refractivity contribution in [1.82, 2.24) is 25.1 Å². The van der Waals surface area contributed by atoms with Crippen molar-refractivity contribution in [2.24, 2.45) is 0 Å². The Kier molecular flexibility index (Phi) is 4.77. The highest BCUT2D eigenvalue weighted by Gasteiger charge is 2.24. The molecule has 1 aliphatic heterocycles. The fourth-order valence-corrected chi connectivity index (χ4v) is 3.01. The SMILES string of the molecule is O=C(O)CCn1nnnc1SC1CCN(C(=O)O)CC1. The number of amides is 1. The third kappa shape index (κ3) is 3.83. The Morgan fingerprint density at radius 1 is 1.30 bits per heavy atom. The fraction of sp³-hybridized carbons (Fsp3) is 0.700. The molecule has 1 aliphatic rings. The summed E-state index contributed by atoms with van der Waals surface area (Å²) in [4.78, 5) is 22.7. The van der Waals surface area contributed by atoms with Crippen LogP contribution in [0.25, 0.3) is 0 Å². The Labute approximate surface area is 118 Å². The quantitative estimate of drug-likeness (QED) is 0.800. The number of carboxylic acid groups (broad SMARTS) is 2. The highest BCUT2D eigenvalue weighted by Crippen LogP contribution is 2.28. The van der Waals surface area contributed by atoms with Crippen LogP contribution >= 0.6 is 11.8 Å². The molecular formula is C10H15N5O4S. The zero-order valence-corrected chi connectivity index (χ0v) is 11.5. The summed E-state index contributed by atoms with van der Waals surface area (Å²) in [5.74, 6) is -0.897. The van der Waals surface area contributed by atoms with Crippen LogP contribution in [0.4, 0.5) is 4.79 Å². The zero-order valence-electron chi connectivity index (χ0n) is 10.7. The number of thioether (sulfide) groups is 1. The number of piperidine rings is 1.